The van der Waals surface area contributed by atoms with Gasteiger partial charge in [0.15, 0.2) is 0 Å². The Morgan fingerprint density at radius 3 is 2.15 bits per heavy atom. The molecule has 0 aliphatic rings. The molecule has 1 aromatic rings. The highest BCUT2D eigenvalue weighted by Gasteiger charge is 2.24. The lowest BCUT2D eigenvalue weighted by Gasteiger charge is -2.27. The Kier molecular flexibility index (Phi) is 2.97. The molecule has 1 nitrogen and oxygen atoms in total. The van der Waals surface area contributed by atoms with Gasteiger partial charge in [-0.1, -0.05) is 39.0 Å². The minimum absolute atomic E-state index is 0.116. The molecular weight excluding hydrogens is 160 g/mol. The second-order valence-electron chi connectivity index (χ2n) is 3.78. The maximum Gasteiger partial charge on any atom is 0.119 e. The summed E-state index contributed by atoms with van der Waals surface area (Å²) >= 11 is 0. The van der Waals surface area contributed by atoms with Crippen LogP contribution < -0.4 is 0 Å². The van der Waals surface area contributed by atoms with Crippen molar-refractivity contribution in [1.82, 2.24) is 0 Å². The van der Waals surface area contributed by atoms with Gasteiger partial charge in [-0.15, -0.1) is 0 Å². The van der Waals surface area contributed by atoms with E-state index >= 15 is 0 Å². The van der Waals surface area contributed by atoms with E-state index in [0.717, 1.165) is 18.4 Å². The van der Waals surface area contributed by atoms with Crippen LogP contribution in [0.3, 0.4) is 0 Å². The number of hydrogen-bond donors (Lipinski definition) is 1. The first-order valence-corrected chi connectivity index (χ1v) is 4.92. The summed E-state index contributed by atoms with van der Waals surface area (Å²) in [5, 5.41) is 9.71. The molecule has 1 rings (SSSR count). The summed E-state index contributed by atoms with van der Waals surface area (Å²) in [5.41, 5.74) is 1.19. The van der Waals surface area contributed by atoms with Crippen LogP contribution in [-0.2, 0) is 5.41 Å². The van der Waals surface area contributed by atoms with Gasteiger partial charge in [-0.3, -0.25) is 0 Å². The third-order valence-electron chi connectivity index (χ3n) is 3.11. The first-order chi connectivity index (χ1) is 6.14. The zero-order chi connectivity index (χ0) is 9.90. The van der Waals surface area contributed by atoms with E-state index in [9.17, 15) is 5.11 Å². The molecule has 0 aliphatic carbocycles. The summed E-state index contributed by atoms with van der Waals surface area (Å²) in [6, 6.07) is 7.63. The summed E-state index contributed by atoms with van der Waals surface area (Å²) in [5.74, 6) is 0.425. The van der Waals surface area contributed by atoms with Crippen LogP contribution in [0.1, 0.15) is 39.2 Å². The maximum atomic E-state index is 9.71. The predicted octanol–water partition coefficient (Wildman–Crippen LogP) is 3.47. The molecule has 1 N–H and O–H groups in total. The summed E-state index contributed by atoms with van der Waals surface area (Å²) in [7, 11) is 0. The van der Waals surface area contributed by atoms with Crippen molar-refractivity contribution in [3.8, 4) is 5.75 Å². The number of rotatable bonds is 3. The van der Waals surface area contributed by atoms with Crippen LogP contribution in [0.5, 0.6) is 5.75 Å². The normalized spacial score (nSPS) is 11.6. The van der Waals surface area contributed by atoms with Crippen LogP contribution in [0, 0.1) is 0 Å². The molecule has 0 aliphatic heterocycles. The number of hydrogen-bond acceptors (Lipinski definition) is 1. The predicted molar refractivity (Wildman–Crippen MR) is 56.0 cm³/mol. The highest BCUT2D eigenvalue weighted by Crippen LogP contribution is 2.36. The van der Waals surface area contributed by atoms with Gasteiger partial charge < -0.3 is 5.11 Å². The van der Waals surface area contributed by atoms with E-state index in [1.165, 1.54) is 0 Å². The van der Waals surface area contributed by atoms with Gasteiger partial charge in [0.05, 0.1) is 0 Å². The van der Waals surface area contributed by atoms with Crippen LogP contribution >= 0.6 is 0 Å². The largest absolute Gasteiger partial charge is 0.508 e. The van der Waals surface area contributed by atoms with Crippen molar-refractivity contribution >= 4 is 0 Å². The quantitative estimate of drug-likeness (QED) is 0.751. The molecule has 0 bridgehead atoms. The first-order valence-electron chi connectivity index (χ1n) is 4.92. The second-order valence-corrected chi connectivity index (χ2v) is 3.78. The van der Waals surface area contributed by atoms with Gasteiger partial charge in [0.2, 0.25) is 0 Å². The molecule has 0 amide bonds. The molecule has 0 saturated carbocycles. The fraction of sp³-hybridized carbons (Fsp3) is 0.500. The van der Waals surface area contributed by atoms with Crippen molar-refractivity contribution < 1.29 is 5.11 Å². The van der Waals surface area contributed by atoms with E-state index in [1.807, 2.05) is 18.2 Å². The molecule has 0 radical (unpaired) electrons. The summed E-state index contributed by atoms with van der Waals surface area (Å²) < 4.78 is 0. The molecule has 1 heteroatoms. The minimum atomic E-state index is 0.116. The summed E-state index contributed by atoms with van der Waals surface area (Å²) in [6.07, 6.45) is 2.11. The fourth-order valence-electron chi connectivity index (χ4n) is 1.61. The highest BCUT2D eigenvalue weighted by atomic mass is 16.3. The van der Waals surface area contributed by atoms with Gasteiger partial charge in [0, 0.05) is 0 Å². The van der Waals surface area contributed by atoms with Crippen LogP contribution in [0.4, 0.5) is 0 Å². The van der Waals surface area contributed by atoms with Crippen molar-refractivity contribution in [1.29, 1.82) is 0 Å². The zero-order valence-electron chi connectivity index (χ0n) is 8.67. The molecule has 0 aromatic heterocycles. The van der Waals surface area contributed by atoms with Crippen LogP contribution in [0.25, 0.3) is 0 Å². The van der Waals surface area contributed by atoms with Crippen molar-refractivity contribution in [2.45, 2.75) is 39.0 Å². The lowest BCUT2D eigenvalue weighted by Crippen LogP contribution is -2.19. The Morgan fingerprint density at radius 1 is 1.15 bits per heavy atom. The molecule has 0 fully saturated rings. The maximum absolute atomic E-state index is 9.71. The third kappa shape index (κ3) is 1.85. The molecule has 0 saturated heterocycles. The van der Waals surface area contributed by atoms with E-state index < -0.39 is 0 Å². The average Bonchev–Trinajstić information content (AvgIpc) is 2.17. The summed E-state index contributed by atoms with van der Waals surface area (Å²) in [6.45, 7) is 6.52. The number of aromatic hydroxyl groups is 1. The zero-order valence-corrected chi connectivity index (χ0v) is 8.67. The fourth-order valence-corrected chi connectivity index (χ4v) is 1.61. The van der Waals surface area contributed by atoms with Crippen molar-refractivity contribution in [3.05, 3.63) is 29.8 Å². The molecule has 13 heavy (non-hydrogen) atoms. The number of phenolic OH excluding ortho intramolecular Hbond substituents is 1. The Labute approximate surface area is 80.4 Å². The molecule has 0 spiro atoms. The van der Waals surface area contributed by atoms with Crippen molar-refractivity contribution in [3.63, 3.8) is 0 Å². The molecule has 0 heterocycles. The van der Waals surface area contributed by atoms with Gasteiger partial charge in [0.25, 0.3) is 0 Å². The second kappa shape index (κ2) is 3.82. The Morgan fingerprint density at radius 2 is 1.69 bits per heavy atom. The average molecular weight is 178 g/mol. The summed E-state index contributed by atoms with van der Waals surface area (Å²) in [4.78, 5) is 0. The van der Waals surface area contributed by atoms with Crippen LogP contribution in [-0.4, -0.2) is 5.11 Å². The van der Waals surface area contributed by atoms with Gasteiger partial charge in [0.1, 0.15) is 5.75 Å². The molecule has 0 unspecified atom stereocenters. The lowest BCUT2D eigenvalue weighted by molar-refractivity contribution is 0.398. The van der Waals surface area contributed by atoms with E-state index in [0.29, 0.717) is 5.75 Å². The molecule has 72 valence electrons. The SMILES string of the molecule is CCC(C)(CC)c1ccccc1O. The number of phenols is 1. The monoisotopic (exact) mass is 178 g/mol. The van der Waals surface area contributed by atoms with Crippen LogP contribution in [0.2, 0.25) is 0 Å². The number of para-hydroxylation sites is 1. The molecule has 0 atom stereocenters. The van der Waals surface area contributed by atoms with Gasteiger partial charge in [-0.05, 0) is 29.9 Å². The molecular formula is C12H18O. The molecule has 1 aromatic carbocycles. The van der Waals surface area contributed by atoms with E-state index in [2.05, 4.69) is 20.8 Å². The third-order valence-corrected chi connectivity index (χ3v) is 3.11. The Bertz CT molecular complexity index is 274. The topological polar surface area (TPSA) is 20.2 Å². The van der Waals surface area contributed by atoms with Crippen LogP contribution in [0.15, 0.2) is 24.3 Å². The highest BCUT2D eigenvalue weighted by molar-refractivity contribution is 5.37. The number of benzene rings is 1. The van der Waals surface area contributed by atoms with E-state index in [1.54, 1.807) is 6.07 Å². The Hall–Kier alpha value is -0.980. The Balaban J connectivity index is 3.12. The standard InChI is InChI=1S/C12H18O/c1-4-12(3,5-2)10-8-6-7-9-11(10)13/h6-9,13H,4-5H2,1-3H3. The van der Waals surface area contributed by atoms with Gasteiger partial charge in [-0.2, -0.15) is 0 Å². The van der Waals surface area contributed by atoms with E-state index in [-0.39, 0.29) is 5.41 Å². The smallest absolute Gasteiger partial charge is 0.119 e. The van der Waals surface area contributed by atoms with E-state index in [4.69, 9.17) is 0 Å². The van der Waals surface area contributed by atoms with Gasteiger partial charge >= 0.3 is 0 Å². The van der Waals surface area contributed by atoms with Gasteiger partial charge in [-0.25, -0.2) is 0 Å². The minimum Gasteiger partial charge on any atom is -0.508 e. The lowest BCUT2D eigenvalue weighted by atomic mass is 9.77. The first kappa shape index (κ1) is 10.1. The van der Waals surface area contributed by atoms with Crippen molar-refractivity contribution in [2.24, 2.45) is 0 Å². The van der Waals surface area contributed by atoms with Crippen molar-refractivity contribution in [2.75, 3.05) is 0 Å².